The molecule has 4 heteroatoms. The highest BCUT2D eigenvalue weighted by molar-refractivity contribution is 5.90. The summed E-state index contributed by atoms with van der Waals surface area (Å²) >= 11 is 0. The number of hydrogen-bond acceptors (Lipinski definition) is 3. The first-order valence-corrected chi connectivity index (χ1v) is 5.42. The summed E-state index contributed by atoms with van der Waals surface area (Å²) in [5.41, 5.74) is 0. The van der Waals surface area contributed by atoms with Crippen molar-refractivity contribution in [3.8, 4) is 0 Å². The lowest BCUT2D eigenvalue weighted by Crippen LogP contribution is -2.23. The zero-order valence-electron chi connectivity index (χ0n) is 10.3. The van der Waals surface area contributed by atoms with Crippen molar-refractivity contribution >= 4 is 11.9 Å². The lowest BCUT2D eigenvalue weighted by atomic mass is 9.86. The maximum Gasteiger partial charge on any atom is 0.331 e. The lowest BCUT2D eigenvalue weighted by Gasteiger charge is -2.23. The number of carboxylic acids is 1. The SMILES string of the molecule is CC(C)C(COC(=O)C=CC(=O)O)C(C)C. The van der Waals surface area contributed by atoms with E-state index in [1.165, 1.54) is 0 Å². The predicted molar refractivity (Wildman–Crippen MR) is 60.9 cm³/mol. The van der Waals surface area contributed by atoms with Crippen LogP contribution in [0.4, 0.5) is 0 Å². The van der Waals surface area contributed by atoms with Gasteiger partial charge in [0.25, 0.3) is 0 Å². The Kier molecular flexibility index (Phi) is 6.46. The van der Waals surface area contributed by atoms with E-state index in [1.807, 2.05) is 0 Å². The van der Waals surface area contributed by atoms with Crippen molar-refractivity contribution in [2.45, 2.75) is 27.7 Å². The number of carbonyl (C=O) groups excluding carboxylic acids is 1. The molecule has 4 nitrogen and oxygen atoms in total. The molecule has 0 aromatic carbocycles. The van der Waals surface area contributed by atoms with Crippen LogP contribution in [0.25, 0.3) is 0 Å². The first-order chi connectivity index (χ1) is 7.34. The molecule has 0 aliphatic rings. The Bertz CT molecular complexity index is 258. The third-order valence-electron chi connectivity index (χ3n) is 2.49. The zero-order chi connectivity index (χ0) is 12.7. The van der Waals surface area contributed by atoms with Gasteiger partial charge in [0, 0.05) is 12.2 Å². The van der Waals surface area contributed by atoms with E-state index in [-0.39, 0.29) is 0 Å². The van der Waals surface area contributed by atoms with Crippen LogP contribution in [0.2, 0.25) is 0 Å². The summed E-state index contributed by atoms with van der Waals surface area (Å²) in [6.07, 6.45) is 1.71. The molecule has 0 bridgehead atoms. The topological polar surface area (TPSA) is 63.6 Å². The molecule has 92 valence electrons. The van der Waals surface area contributed by atoms with Crippen LogP contribution in [-0.2, 0) is 14.3 Å². The van der Waals surface area contributed by atoms with Crippen molar-refractivity contribution in [1.82, 2.24) is 0 Å². The second-order valence-electron chi connectivity index (χ2n) is 4.45. The minimum atomic E-state index is -1.15. The minimum absolute atomic E-state index is 0.294. The van der Waals surface area contributed by atoms with Gasteiger partial charge in [0.1, 0.15) is 0 Å². The molecule has 0 aromatic rings. The fourth-order valence-electron chi connectivity index (χ4n) is 1.52. The van der Waals surface area contributed by atoms with Gasteiger partial charge in [-0.2, -0.15) is 0 Å². The molecule has 0 saturated heterocycles. The first kappa shape index (κ1) is 14.7. The molecule has 0 heterocycles. The van der Waals surface area contributed by atoms with Crippen LogP contribution in [0.3, 0.4) is 0 Å². The average molecular weight is 228 g/mol. The molecule has 16 heavy (non-hydrogen) atoms. The number of esters is 1. The van der Waals surface area contributed by atoms with Crippen molar-refractivity contribution in [3.63, 3.8) is 0 Å². The van der Waals surface area contributed by atoms with Crippen LogP contribution in [0, 0.1) is 17.8 Å². The molecule has 0 aliphatic heterocycles. The summed E-state index contributed by atoms with van der Waals surface area (Å²) in [5.74, 6) is -0.607. The van der Waals surface area contributed by atoms with E-state index in [2.05, 4.69) is 27.7 Å². The summed E-state index contributed by atoms with van der Waals surface area (Å²) in [5, 5.41) is 8.32. The van der Waals surface area contributed by atoms with E-state index in [0.29, 0.717) is 24.4 Å². The van der Waals surface area contributed by atoms with Crippen LogP contribution >= 0.6 is 0 Å². The van der Waals surface area contributed by atoms with Gasteiger partial charge in [-0.3, -0.25) is 0 Å². The highest BCUT2D eigenvalue weighted by Gasteiger charge is 2.18. The number of carboxylic acid groups (broad SMARTS) is 1. The van der Waals surface area contributed by atoms with Crippen LogP contribution in [0.5, 0.6) is 0 Å². The molecule has 0 saturated carbocycles. The molecule has 0 amide bonds. The summed E-state index contributed by atoms with van der Waals surface area (Å²) in [6.45, 7) is 8.63. The van der Waals surface area contributed by atoms with Gasteiger partial charge >= 0.3 is 11.9 Å². The third-order valence-corrected chi connectivity index (χ3v) is 2.49. The fraction of sp³-hybridized carbons (Fsp3) is 0.667. The van der Waals surface area contributed by atoms with Crippen LogP contribution in [0.15, 0.2) is 12.2 Å². The predicted octanol–water partition coefficient (Wildman–Crippen LogP) is 2.10. The number of carbonyl (C=O) groups is 2. The van der Waals surface area contributed by atoms with Crippen molar-refractivity contribution < 1.29 is 19.4 Å². The molecule has 0 fully saturated rings. The Morgan fingerprint density at radius 3 is 2.00 bits per heavy atom. The van der Waals surface area contributed by atoms with Gasteiger partial charge in [0.05, 0.1) is 6.61 Å². The van der Waals surface area contributed by atoms with E-state index in [9.17, 15) is 9.59 Å². The molecule has 0 radical (unpaired) electrons. The Morgan fingerprint density at radius 2 is 1.62 bits per heavy atom. The lowest BCUT2D eigenvalue weighted by molar-refractivity contribution is -0.140. The van der Waals surface area contributed by atoms with Crippen molar-refractivity contribution in [3.05, 3.63) is 12.2 Å². The van der Waals surface area contributed by atoms with Crippen molar-refractivity contribution in [2.75, 3.05) is 6.61 Å². The van der Waals surface area contributed by atoms with Crippen molar-refractivity contribution in [2.24, 2.45) is 17.8 Å². The Hall–Kier alpha value is -1.32. The number of aliphatic carboxylic acids is 1. The third kappa shape index (κ3) is 6.22. The van der Waals surface area contributed by atoms with E-state index in [4.69, 9.17) is 9.84 Å². The second kappa shape index (κ2) is 7.04. The molecule has 0 aliphatic carbocycles. The Labute approximate surface area is 96.3 Å². The molecule has 0 atom stereocenters. The first-order valence-electron chi connectivity index (χ1n) is 5.42. The maximum atomic E-state index is 11.1. The molecule has 1 N–H and O–H groups in total. The second-order valence-corrected chi connectivity index (χ2v) is 4.45. The number of ether oxygens (including phenoxy) is 1. The molecule has 0 spiro atoms. The largest absolute Gasteiger partial charge is 0.478 e. The van der Waals surface area contributed by atoms with Gasteiger partial charge in [0.2, 0.25) is 0 Å². The van der Waals surface area contributed by atoms with Gasteiger partial charge in [-0.15, -0.1) is 0 Å². The van der Waals surface area contributed by atoms with Gasteiger partial charge < -0.3 is 9.84 Å². The molecular formula is C12H20O4. The standard InChI is InChI=1S/C12H20O4/c1-8(2)10(9(3)4)7-16-12(15)6-5-11(13)14/h5-6,8-10H,7H2,1-4H3,(H,13,14). The van der Waals surface area contributed by atoms with E-state index in [1.54, 1.807) is 0 Å². The minimum Gasteiger partial charge on any atom is -0.478 e. The van der Waals surface area contributed by atoms with E-state index >= 15 is 0 Å². The Morgan fingerprint density at radius 1 is 1.12 bits per heavy atom. The average Bonchev–Trinajstić information content (AvgIpc) is 2.13. The monoisotopic (exact) mass is 228 g/mol. The van der Waals surface area contributed by atoms with Crippen molar-refractivity contribution in [1.29, 1.82) is 0 Å². The summed E-state index contributed by atoms with van der Waals surface area (Å²) < 4.78 is 4.99. The summed E-state index contributed by atoms with van der Waals surface area (Å²) in [7, 11) is 0. The summed E-state index contributed by atoms with van der Waals surface area (Å²) in [6, 6.07) is 0. The van der Waals surface area contributed by atoms with Crippen LogP contribution in [-0.4, -0.2) is 23.7 Å². The summed E-state index contributed by atoms with van der Waals surface area (Å²) in [4.78, 5) is 21.3. The molecular weight excluding hydrogens is 208 g/mol. The Balaban J connectivity index is 4.11. The van der Waals surface area contributed by atoms with Gasteiger partial charge in [0.15, 0.2) is 0 Å². The highest BCUT2D eigenvalue weighted by atomic mass is 16.5. The van der Waals surface area contributed by atoms with Gasteiger partial charge in [-0.25, -0.2) is 9.59 Å². The number of rotatable bonds is 6. The molecule has 0 rings (SSSR count). The molecule has 0 aromatic heterocycles. The van der Waals surface area contributed by atoms with Crippen LogP contribution < -0.4 is 0 Å². The smallest absolute Gasteiger partial charge is 0.331 e. The maximum absolute atomic E-state index is 11.1. The zero-order valence-corrected chi connectivity index (χ0v) is 10.3. The van der Waals surface area contributed by atoms with E-state index in [0.717, 1.165) is 12.2 Å². The highest BCUT2D eigenvalue weighted by Crippen LogP contribution is 2.20. The van der Waals surface area contributed by atoms with E-state index < -0.39 is 11.9 Å². The number of hydrogen-bond donors (Lipinski definition) is 1. The van der Waals surface area contributed by atoms with Crippen LogP contribution in [0.1, 0.15) is 27.7 Å². The fourth-order valence-corrected chi connectivity index (χ4v) is 1.52. The normalized spacial score (nSPS) is 11.7. The molecule has 0 unspecified atom stereocenters. The van der Waals surface area contributed by atoms with Gasteiger partial charge in [-0.1, -0.05) is 27.7 Å². The quantitative estimate of drug-likeness (QED) is 0.558. The van der Waals surface area contributed by atoms with Gasteiger partial charge in [-0.05, 0) is 17.8 Å².